The van der Waals surface area contributed by atoms with Gasteiger partial charge in [-0.25, -0.2) is 9.97 Å². The molecule has 0 aromatic carbocycles. The van der Waals surface area contributed by atoms with Crippen molar-refractivity contribution in [3.05, 3.63) is 12.4 Å². The van der Waals surface area contributed by atoms with Crippen LogP contribution in [0.1, 0.15) is 26.2 Å². The molecule has 0 unspecified atom stereocenters. The van der Waals surface area contributed by atoms with Crippen LogP contribution in [0.25, 0.3) is 0 Å². The fraction of sp³-hybridized carbons (Fsp3) is 0.714. The van der Waals surface area contributed by atoms with Crippen molar-refractivity contribution in [3.63, 3.8) is 0 Å². The number of rotatable bonds is 6. The topological polar surface area (TPSA) is 50.3 Å². The molecule has 0 saturated carbocycles. The third-order valence-electron chi connectivity index (χ3n) is 3.51. The number of anilines is 1. The van der Waals surface area contributed by atoms with Crippen LogP contribution in [0.15, 0.2) is 12.4 Å². The Morgan fingerprint density at radius 1 is 1.37 bits per heavy atom. The van der Waals surface area contributed by atoms with E-state index in [4.69, 9.17) is 4.74 Å². The predicted octanol–water partition coefficient (Wildman–Crippen LogP) is 1.70. The Hall–Kier alpha value is -1.36. The van der Waals surface area contributed by atoms with Gasteiger partial charge < -0.3 is 15.0 Å². The van der Waals surface area contributed by atoms with Crippen LogP contribution in [0.4, 0.5) is 5.82 Å². The Labute approximate surface area is 115 Å². The van der Waals surface area contributed by atoms with Gasteiger partial charge in [0, 0.05) is 19.2 Å². The summed E-state index contributed by atoms with van der Waals surface area (Å²) in [5, 5.41) is 3.26. The quantitative estimate of drug-likeness (QED) is 0.847. The molecule has 1 saturated heterocycles. The highest BCUT2D eigenvalue weighted by atomic mass is 16.5. The van der Waals surface area contributed by atoms with E-state index >= 15 is 0 Å². The zero-order valence-corrected chi connectivity index (χ0v) is 11.9. The van der Waals surface area contributed by atoms with Crippen molar-refractivity contribution in [1.82, 2.24) is 15.3 Å². The molecule has 1 aromatic rings. The van der Waals surface area contributed by atoms with Gasteiger partial charge in [-0.3, -0.25) is 0 Å². The molecule has 0 aliphatic carbocycles. The van der Waals surface area contributed by atoms with Gasteiger partial charge in [0.25, 0.3) is 0 Å². The van der Waals surface area contributed by atoms with Gasteiger partial charge in [-0.1, -0.05) is 6.92 Å². The zero-order valence-electron chi connectivity index (χ0n) is 11.9. The van der Waals surface area contributed by atoms with Gasteiger partial charge in [0.2, 0.25) is 5.88 Å². The highest BCUT2D eigenvalue weighted by molar-refractivity contribution is 5.41. The fourth-order valence-electron chi connectivity index (χ4n) is 2.44. The van der Waals surface area contributed by atoms with Gasteiger partial charge >= 0.3 is 0 Å². The molecule has 1 N–H and O–H groups in total. The van der Waals surface area contributed by atoms with Crippen LogP contribution in [-0.2, 0) is 0 Å². The maximum absolute atomic E-state index is 5.56. The van der Waals surface area contributed by atoms with E-state index in [1.807, 2.05) is 13.1 Å². The predicted molar refractivity (Wildman–Crippen MR) is 76.7 cm³/mol. The molecule has 0 atom stereocenters. The van der Waals surface area contributed by atoms with E-state index in [1.54, 1.807) is 6.33 Å². The van der Waals surface area contributed by atoms with Crippen LogP contribution >= 0.6 is 0 Å². The monoisotopic (exact) mass is 264 g/mol. The van der Waals surface area contributed by atoms with Crippen LogP contribution < -0.4 is 15.0 Å². The van der Waals surface area contributed by atoms with E-state index < -0.39 is 0 Å². The zero-order chi connectivity index (χ0) is 13.5. The summed E-state index contributed by atoms with van der Waals surface area (Å²) in [4.78, 5) is 10.8. The summed E-state index contributed by atoms with van der Waals surface area (Å²) in [6.07, 6.45) is 5.03. The Morgan fingerprint density at radius 3 is 2.84 bits per heavy atom. The van der Waals surface area contributed by atoms with Gasteiger partial charge in [0.1, 0.15) is 12.1 Å². The van der Waals surface area contributed by atoms with Crippen LogP contribution in [0.3, 0.4) is 0 Å². The Kier molecular flexibility index (Phi) is 5.39. The number of hydrogen-bond donors (Lipinski definition) is 1. The van der Waals surface area contributed by atoms with Crippen LogP contribution in [0.5, 0.6) is 5.88 Å². The average Bonchev–Trinajstić information content (AvgIpc) is 2.46. The summed E-state index contributed by atoms with van der Waals surface area (Å²) >= 11 is 0. The summed E-state index contributed by atoms with van der Waals surface area (Å²) in [7, 11) is 2.02. The van der Waals surface area contributed by atoms with E-state index in [2.05, 4.69) is 27.1 Å². The normalized spacial score (nSPS) is 16.6. The van der Waals surface area contributed by atoms with Crippen LogP contribution in [0, 0.1) is 5.92 Å². The Balaban J connectivity index is 1.91. The largest absolute Gasteiger partial charge is 0.478 e. The molecule has 19 heavy (non-hydrogen) atoms. The molecule has 106 valence electrons. The standard InChI is InChI=1S/C14H24N4O/c1-3-8-19-14-9-13(16-11-17-14)18-6-4-12(5-7-18)10-15-2/h9,11-12,15H,3-8,10H2,1-2H3. The Bertz CT molecular complexity index is 377. The minimum absolute atomic E-state index is 0.684. The van der Waals surface area contributed by atoms with Crippen molar-refractivity contribution in [2.24, 2.45) is 5.92 Å². The molecule has 1 fully saturated rings. The minimum Gasteiger partial charge on any atom is -0.478 e. The van der Waals surface area contributed by atoms with Crippen molar-refractivity contribution in [2.45, 2.75) is 26.2 Å². The van der Waals surface area contributed by atoms with Crippen molar-refractivity contribution < 1.29 is 4.74 Å². The number of hydrogen-bond acceptors (Lipinski definition) is 5. The first kappa shape index (κ1) is 14.1. The van der Waals surface area contributed by atoms with Crippen molar-refractivity contribution in [1.29, 1.82) is 0 Å². The highest BCUT2D eigenvalue weighted by Crippen LogP contribution is 2.23. The molecular formula is C14H24N4O. The second-order valence-electron chi connectivity index (χ2n) is 5.05. The van der Waals surface area contributed by atoms with E-state index in [0.717, 1.165) is 37.8 Å². The summed E-state index contributed by atoms with van der Waals surface area (Å²) < 4.78 is 5.56. The molecule has 0 spiro atoms. The van der Waals surface area contributed by atoms with E-state index in [0.29, 0.717) is 12.5 Å². The molecule has 5 nitrogen and oxygen atoms in total. The molecule has 0 radical (unpaired) electrons. The molecule has 0 bridgehead atoms. The third-order valence-corrected chi connectivity index (χ3v) is 3.51. The number of nitrogens with one attached hydrogen (secondary N) is 1. The maximum Gasteiger partial charge on any atom is 0.218 e. The Morgan fingerprint density at radius 2 is 2.16 bits per heavy atom. The molecule has 1 aliphatic rings. The summed E-state index contributed by atoms with van der Waals surface area (Å²) in [6, 6.07) is 1.95. The second kappa shape index (κ2) is 7.28. The first-order chi connectivity index (χ1) is 9.33. The van der Waals surface area contributed by atoms with Crippen molar-refractivity contribution >= 4 is 5.82 Å². The molecule has 1 aromatic heterocycles. The van der Waals surface area contributed by atoms with Crippen LogP contribution in [0.2, 0.25) is 0 Å². The molecular weight excluding hydrogens is 240 g/mol. The smallest absolute Gasteiger partial charge is 0.218 e. The first-order valence-corrected chi connectivity index (χ1v) is 7.18. The molecule has 2 rings (SSSR count). The second-order valence-corrected chi connectivity index (χ2v) is 5.05. The first-order valence-electron chi connectivity index (χ1n) is 7.18. The van der Waals surface area contributed by atoms with Crippen molar-refractivity contribution in [2.75, 3.05) is 38.2 Å². The molecule has 5 heteroatoms. The fourth-order valence-corrected chi connectivity index (χ4v) is 2.44. The summed E-state index contributed by atoms with van der Waals surface area (Å²) in [6.45, 7) is 6.05. The lowest BCUT2D eigenvalue weighted by Crippen LogP contribution is -2.37. The lowest BCUT2D eigenvalue weighted by molar-refractivity contribution is 0.304. The number of ether oxygens (including phenoxy) is 1. The number of nitrogens with zero attached hydrogens (tertiary/aromatic N) is 3. The molecule has 1 aliphatic heterocycles. The lowest BCUT2D eigenvalue weighted by atomic mass is 9.97. The minimum atomic E-state index is 0.684. The van der Waals surface area contributed by atoms with Crippen molar-refractivity contribution in [3.8, 4) is 5.88 Å². The van der Waals surface area contributed by atoms with Gasteiger partial charge in [0.15, 0.2) is 0 Å². The molecule has 0 amide bonds. The third kappa shape index (κ3) is 4.06. The average molecular weight is 264 g/mol. The van der Waals surface area contributed by atoms with Gasteiger partial charge in [0.05, 0.1) is 6.61 Å². The van der Waals surface area contributed by atoms with E-state index in [1.165, 1.54) is 12.8 Å². The van der Waals surface area contributed by atoms with E-state index in [-0.39, 0.29) is 0 Å². The SMILES string of the molecule is CCCOc1cc(N2CCC(CNC)CC2)ncn1. The van der Waals surface area contributed by atoms with Gasteiger partial charge in [-0.15, -0.1) is 0 Å². The number of aromatic nitrogens is 2. The highest BCUT2D eigenvalue weighted by Gasteiger charge is 2.19. The number of piperidine rings is 1. The summed E-state index contributed by atoms with van der Waals surface area (Å²) in [5.74, 6) is 2.46. The van der Waals surface area contributed by atoms with Gasteiger partial charge in [-0.2, -0.15) is 0 Å². The van der Waals surface area contributed by atoms with Gasteiger partial charge in [-0.05, 0) is 38.8 Å². The lowest BCUT2D eigenvalue weighted by Gasteiger charge is -2.32. The maximum atomic E-state index is 5.56. The van der Waals surface area contributed by atoms with E-state index in [9.17, 15) is 0 Å². The van der Waals surface area contributed by atoms with Crippen LogP contribution in [-0.4, -0.2) is 43.3 Å². The summed E-state index contributed by atoms with van der Waals surface area (Å²) in [5.41, 5.74) is 0. The molecule has 2 heterocycles.